The number of benzene rings is 1. The first-order chi connectivity index (χ1) is 8.22. The molecular weight excluding hydrogens is 224 g/mol. The molecule has 0 radical (unpaired) electrons. The second-order valence-electron chi connectivity index (χ2n) is 3.36. The van der Waals surface area contributed by atoms with Gasteiger partial charge in [0.2, 0.25) is 0 Å². The van der Waals surface area contributed by atoms with Crippen LogP contribution in [0.2, 0.25) is 0 Å². The molecule has 0 aliphatic heterocycles. The van der Waals surface area contributed by atoms with Crippen molar-refractivity contribution in [2.45, 2.75) is 5.92 Å². The monoisotopic (exact) mass is 231 g/mol. The van der Waals surface area contributed by atoms with Crippen molar-refractivity contribution in [3.63, 3.8) is 0 Å². The molecule has 5 heteroatoms. The third-order valence-electron chi connectivity index (χ3n) is 2.28. The maximum atomic E-state index is 13.5. The van der Waals surface area contributed by atoms with Gasteiger partial charge in [-0.05, 0) is 18.2 Å². The summed E-state index contributed by atoms with van der Waals surface area (Å²) in [5, 5.41) is 9.04. The van der Waals surface area contributed by atoms with Crippen LogP contribution in [0.1, 0.15) is 17.2 Å². The van der Waals surface area contributed by atoms with Gasteiger partial charge in [0.05, 0.1) is 18.0 Å². The van der Waals surface area contributed by atoms with Crippen LogP contribution < -0.4 is 0 Å². The summed E-state index contributed by atoms with van der Waals surface area (Å²) < 4.78 is 26.6. The maximum Gasteiger partial charge on any atom is 0.128 e. The standard InChI is InChI=1S/C12H7F2N3/c13-8-1-2-11(14)9(5-8)10(6-15)12-7-16-3-4-17-12/h1-5,7,10H. The van der Waals surface area contributed by atoms with E-state index in [9.17, 15) is 8.78 Å². The van der Waals surface area contributed by atoms with Gasteiger partial charge in [0.1, 0.15) is 17.6 Å². The van der Waals surface area contributed by atoms with Gasteiger partial charge in [0.25, 0.3) is 0 Å². The summed E-state index contributed by atoms with van der Waals surface area (Å²) in [5.74, 6) is -2.19. The number of hydrogen-bond acceptors (Lipinski definition) is 3. The van der Waals surface area contributed by atoms with E-state index in [4.69, 9.17) is 5.26 Å². The molecule has 1 heterocycles. The number of nitriles is 1. The molecule has 0 bridgehead atoms. The molecule has 1 aromatic heterocycles. The molecule has 0 spiro atoms. The molecule has 0 fully saturated rings. The lowest BCUT2D eigenvalue weighted by Crippen LogP contribution is -2.04. The van der Waals surface area contributed by atoms with E-state index >= 15 is 0 Å². The fraction of sp³-hybridized carbons (Fsp3) is 0.0833. The number of hydrogen-bond donors (Lipinski definition) is 0. The zero-order valence-electron chi connectivity index (χ0n) is 8.64. The van der Waals surface area contributed by atoms with Crippen LogP contribution in [0.3, 0.4) is 0 Å². The quantitative estimate of drug-likeness (QED) is 0.797. The van der Waals surface area contributed by atoms with Crippen molar-refractivity contribution < 1.29 is 8.78 Å². The van der Waals surface area contributed by atoms with E-state index in [0.717, 1.165) is 18.2 Å². The van der Waals surface area contributed by atoms with Crippen molar-refractivity contribution in [3.05, 3.63) is 59.7 Å². The summed E-state index contributed by atoms with van der Waals surface area (Å²) in [6.45, 7) is 0. The first kappa shape index (κ1) is 11.1. The average molecular weight is 231 g/mol. The smallest absolute Gasteiger partial charge is 0.128 e. The Kier molecular flexibility index (Phi) is 3.06. The molecule has 0 aliphatic carbocycles. The van der Waals surface area contributed by atoms with Crippen LogP contribution in [-0.4, -0.2) is 9.97 Å². The van der Waals surface area contributed by atoms with Gasteiger partial charge in [-0.15, -0.1) is 0 Å². The summed E-state index contributed by atoms with van der Waals surface area (Å²) in [5.41, 5.74) is 0.257. The average Bonchev–Trinajstić information content (AvgIpc) is 2.36. The minimum Gasteiger partial charge on any atom is -0.261 e. The van der Waals surface area contributed by atoms with Gasteiger partial charge in [0.15, 0.2) is 0 Å². The van der Waals surface area contributed by atoms with E-state index in [0.29, 0.717) is 5.69 Å². The van der Waals surface area contributed by atoms with Crippen molar-refractivity contribution in [2.75, 3.05) is 0 Å². The molecule has 1 unspecified atom stereocenters. The topological polar surface area (TPSA) is 49.6 Å². The molecule has 17 heavy (non-hydrogen) atoms. The van der Waals surface area contributed by atoms with E-state index in [-0.39, 0.29) is 5.56 Å². The number of halogens is 2. The molecule has 0 amide bonds. The molecule has 2 rings (SSSR count). The Hall–Kier alpha value is -2.35. The van der Waals surface area contributed by atoms with Gasteiger partial charge in [-0.25, -0.2) is 8.78 Å². The molecule has 84 valence electrons. The number of nitrogens with zero attached hydrogens (tertiary/aromatic N) is 3. The zero-order chi connectivity index (χ0) is 12.3. The lowest BCUT2D eigenvalue weighted by molar-refractivity contribution is 0.583. The fourth-order valence-corrected chi connectivity index (χ4v) is 1.49. The largest absolute Gasteiger partial charge is 0.261 e. The summed E-state index contributed by atoms with van der Waals surface area (Å²) in [4.78, 5) is 7.72. The highest BCUT2D eigenvalue weighted by Gasteiger charge is 2.19. The van der Waals surface area contributed by atoms with Crippen LogP contribution in [0.15, 0.2) is 36.8 Å². The van der Waals surface area contributed by atoms with Gasteiger partial charge >= 0.3 is 0 Å². The molecule has 0 N–H and O–H groups in total. The van der Waals surface area contributed by atoms with Crippen molar-refractivity contribution in [1.29, 1.82) is 5.26 Å². The summed E-state index contributed by atoms with van der Waals surface area (Å²) >= 11 is 0. The third kappa shape index (κ3) is 2.26. The van der Waals surface area contributed by atoms with E-state index in [1.807, 2.05) is 6.07 Å². The van der Waals surface area contributed by atoms with Crippen molar-refractivity contribution in [2.24, 2.45) is 0 Å². The Morgan fingerprint density at radius 1 is 1.24 bits per heavy atom. The Balaban J connectivity index is 2.51. The predicted octanol–water partition coefficient (Wildman–Crippen LogP) is 2.41. The molecule has 0 aliphatic rings. The first-order valence-electron chi connectivity index (χ1n) is 4.83. The van der Waals surface area contributed by atoms with Crippen molar-refractivity contribution in [1.82, 2.24) is 9.97 Å². The van der Waals surface area contributed by atoms with E-state index in [2.05, 4.69) is 9.97 Å². The Morgan fingerprint density at radius 3 is 2.71 bits per heavy atom. The summed E-state index contributed by atoms with van der Waals surface area (Å²) in [6.07, 6.45) is 4.20. The van der Waals surface area contributed by atoms with E-state index in [1.54, 1.807) is 0 Å². The molecule has 0 saturated carbocycles. The van der Waals surface area contributed by atoms with E-state index in [1.165, 1.54) is 18.6 Å². The fourth-order valence-electron chi connectivity index (χ4n) is 1.49. The van der Waals surface area contributed by atoms with Crippen LogP contribution >= 0.6 is 0 Å². The predicted molar refractivity (Wildman–Crippen MR) is 55.8 cm³/mol. The van der Waals surface area contributed by atoms with Gasteiger partial charge in [0, 0.05) is 18.0 Å². The van der Waals surface area contributed by atoms with Gasteiger partial charge in [-0.2, -0.15) is 5.26 Å². The van der Waals surface area contributed by atoms with Crippen molar-refractivity contribution in [3.8, 4) is 6.07 Å². The molecule has 2 aromatic rings. The Morgan fingerprint density at radius 2 is 2.06 bits per heavy atom. The van der Waals surface area contributed by atoms with Crippen LogP contribution in [-0.2, 0) is 0 Å². The van der Waals surface area contributed by atoms with Crippen LogP contribution in [0, 0.1) is 23.0 Å². The lowest BCUT2D eigenvalue weighted by Gasteiger charge is -2.09. The van der Waals surface area contributed by atoms with Crippen molar-refractivity contribution >= 4 is 0 Å². The number of aromatic nitrogens is 2. The second-order valence-corrected chi connectivity index (χ2v) is 3.36. The highest BCUT2D eigenvalue weighted by molar-refractivity contribution is 5.34. The molecule has 1 atom stereocenters. The lowest BCUT2D eigenvalue weighted by atomic mass is 9.97. The van der Waals surface area contributed by atoms with Crippen LogP contribution in [0.5, 0.6) is 0 Å². The third-order valence-corrected chi connectivity index (χ3v) is 2.28. The maximum absolute atomic E-state index is 13.5. The van der Waals surface area contributed by atoms with Gasteiger partial charge < -0.3 is 0 Å². The van der Waals surface area contributed by atoms with Crippen LogP contribution in [0.4, 0.5) is 8.78 Å². The van der Waals surface area contributed by atoms with Gasteiger partial charge in [-0.3, -0.25) is 9.97 Å². The first-order valence-corrected chi connectivity index (χ1v) is 4.83. The molecule has 1 aromatic carbocycles. The SMILES string of the molecule is N#CC(c1cnccn1)c1cc(F)ccc1F. The van der Waals surface area contributed by atoms with Gasteiger partial charge in [-0.1, -0.05) is 0 Å². The molecular formula is C12H7F2N3. The van der Waals surface area contributed by atoms with E-state index < -0.39 is 17.6 Å². The Labute approximate surface area is 96.4 Å². The summed E-state index contributed by atoms with van der Waals surface area (Å²) in [6, 6.07) is 4.89. The number of rotatable bonds is 2. The zero-order valence-corrected chi connectivity index (χ0v) is 8.64. The minimum absolute atomic E-state index is 0.0343. The summed E-state index contributed by atoms with van der Waals surface area (Å²) in [7, 11) is 0. The normalized spacial score (nSPS) is 11.8. The second kappa shape index (κ2) is 4.66. The van der Waals surface area contributed by atoms with Crippen LogP contribution in [0.25, 0.3) is 0 Å². The molecule has 3 nitrogen and oxygen atoms in total. The highest BCUT2D eigenvalue weighted by atomic mass is 19.1. The Bertz CT molecular complexity index is 564. The molecule has 0 saturated heterocycles. The highest BCUT2D eigenvalue weighted by Crippen LogP contribution is 2.24. The minimum atomic E-state index is -0.959.